The van der Waals surface area contributed by atoms with Gasteiger partial charge in [-0.05, 0) is 42.3 Å². The summed E-state index contributed by atoms with van der Waals surface area (Å²) in [5.41, 5.74) is 1.36. The van der Waals surface area contributed by atoms with Gasteiger partial charge in [0, 0.05) is 25.0 Å². The maximum Gasteiger partial charge on any atom is 0.254 e. The van der Waals surface area contributed by atoms with Gasteiger partial charge in [-0.15, -0.1) is 0 Å². The molecule has 1 aromatic carbocycles. The van der Waals surface area contributed by atoms with Crippen LogP contribution in [0, 0.1) is 0 Å². The van der Waals surface area contributed by atoms with Crippen molar-refractivity contribution in [1.82, 2.24) is 9.88 Å². The first kappa shape index (κ1) is 17.1. The summed E-state index contributed by atoms with van der Waals surface area (Å²) in [4.78, 5) is 18.3. The fraction of sp³-hybridized carbons (Fsp3) is 0.250. The quantitative estimate of drug-likeness (QED) is 0.905. The van der Waals surface area contributed by atoms with Crippen molar-refractivity contribution in [2.75, 3.05) is 7.05 Å². The Labute approximate surface area is 136 Å². The van der Waals surface area contributed by atoms with Gasteiger partial charge in [0.25, 0.3) is 5.91 Å². The maximum absolute atomic E-state index is 12.6. The van der Waals surface area contributed by atoms with Crippen molar-refractivity contribution in [3.05, 3.63) is 59.9 Å². The van der Waals surface area contributed by atoms with Gasteiger partial charge in [-0.25, -0.2) is 13.6 Å². The molecule has 0 aliphatic carbocycles. The predicted octanol–water partition coefficient (Wildman–Crippen LogP) is 1.95. The Morgan fingerprint density at radius 3 is 2.39 bits per heavy atom. The molecule has 0 radical (unpaired) electrons. The molecule has 0 unspecified atom stereocenters. The Kier molecular flexibility index (Phi) is 5.12. The number of hydrogen-bond donors (Lipinski definition) is 1. The second-order valence-electron chi connectivity index (χ2n) is 5.20. The van der Waals surface area contributed by atoms with Gasteiger partial charge in [0.05, 0.1) is 10.9 Å². The molecule has 2 N–H and O–H groups in total. The van der Waals surface area contributed by atoms with E-state index in [-0.39, 0.29) is 16.8 Å². The first-order valence-corrected chi connectivity index (χ1v) is 8.69. The number of sulfonamides is 1. The number of hydrogen-bond acceptors (Lipinski definition) is 4. The summed E-state index contributed by atoms with van der Waals surface area (Å²) in [5, 5.41) is 5.06. The molecule has 122 valence electrons. The fourth-order valence-electron chi connectivity index (χ4n) is 2.44. The number of rotatable bonds is 5. The standard InChI is InChI=1S/C16H19N3O3S/c1-3-15(13-5-4-10-18-11-13)19(2)16(20)12-6-8-14(9-7-12)23(17,21)22/h4-11,15H,3H2,1-2H3,(H2,17,21,22)/t15-/m1/s1. The van der Waals surface area contributed by atoms with Crippen LogP contribution >= 0.6 is 0 Å². The molecular formula is C16H19N3O3S. The zero-order chi connectivity index (χ0) is 17.0. The summed E-state index contributed by atoms with van der Waals surface area (Å²) in [6, 6.07) is 9.26. The minimum Gasteiger partial charge on any atom is -0.335 e. The van der Waals surface area contributed by atoms with Crippen molar-refractivity contribution in [3.63, 3.8) is 0 Å². The second kappa shape index (κ2) is 6.89. The SMILES string of the molecule is CC[C@H](c1cccnc1)N(C)C(=O)c1ccc(S(N)(=O)=O)cc1. The highest BCUT2D eigenvalue weighted by molar-refractivity contribution is 7.89. The zero-order valence-electron chi connectivity index (χ0n) is 13.0. The smallest absolute Gasteiger partial charge is 0.254 e. The first-order valence-electron chi connectivity index (χ1n) is 7.14. The normalized spacial score (nSPS) is 12.7. The van der Waals surface area contributed by atoms with Crippen LogP contribution in [0.1, 0.15) is 35.3 Å². The molecule has 1 heterocycles. The Balaban J connectivity index is 2.25. The van der Waals surface area contributed by atoms with E-state index in [4.69, 9.17) is 5.14 Å². The molecule has 0 aliphatic heterocycles. The average Bonchev–Trinajstić information content (AvgIpc) is 2.55. The molecule has 2 aromatic rings. The van der Waals surface area contributed by atoms with E-state index in [0.717, 1.165) is 12.0 Å². The van der Waals surface area contributed by atoms with Crippen molar-refractivity contribution >= 4 is 15.9 Å². The zero-order valence-corrected chi connectivity index (χ0v) is 13.8. The first-order chi connectivity index (χ1) is 10.8. The summed E-state index contributed by atoms with van der Waals surface area (Å²) in [6.45, 7) is 1.99. The lowest BCUT2D eigenvalue weighted by atomic mass is 10.0. The number of nitrogens with two attached hydrogens (primary N) is 1. The molecular weight excluding hydrogens is 314 g/mol. The van der Waals surface area contributed by atoms with Gasteiger partial charge < -0.3 is 4.90 Å². The van der Waals surface area contributed by atoms with E-state index in [1.807, 2.05) is 19.1 Å². The Morgan fingerprint density at radius 1 is 1.26 bits per heavy atom. The second-order valence-corrected chi connectivity index (χ2v) is 6.76. The molecule has 1 atom stereocenters. The Bertz CT molecular complexity index is 774. The third-order valence-electron chi connectivity index (χ3n) is 3.67. The lowest BCUT2D eigenvalue weighted by Gasteiger charge is -2.27. The molecule has 0 spiro atoms. The van der Waals surface area contributed by atoms with Crippen LogP contribution in [0.25, 0.3) is 0 Å². The minimum absolute atomic E-state index is 0.0176. The lowest BCUT2D eigenvalue weighted by molar-refractivity contribution is 0.0726. The minimum atomic E-state index is -3.76. The van der Waals surface area contributed by atoms with Gasteiger partial charge in [-0.3, -0.25) is 9.78 Å². The van der Waals surface area contributed by atoms with Crippen molar-refractivity contribution in [3.8, 4) is 0 Å². The molecule has 23 heavy (non-hydrogen) atoms. The third-order valence-corrected chi connectivity index (χ3v) is 4.60. The van der Waals surface area contributed by atoms with Crippen LogP contribution in [-0.2, 0) is 10.0 Å². The molecule has 0 aliphatic rings. The number of nitrogens with zero attached hydrogens (tertiary/aromatic N) is 2. The van der Waals surface area contributed by atoms with E-state index in [9.17, 15) is 13.2 Å². The Hall–Kier alpha value is -2.25. The van der Waals surface area contributed by atoms with Crippen LogP contribution in [0.3, 0.4) is 0 Å². The molecule has 0 saturated heterocycles. The van der Waals surface area contributed by atoms with Gasteiger partial charge in [-0.2, -0.15) is 0 Å². The predicted molar refractivity (Wildman–Crippen MR) is 87.2 cm³/mol. The average molecular weight is 333 g/mol. The largest absolute Gasteiger partial charge is 0.335 e. The van der Waals surface area contributed by atoms with E-state index in [2.05, 4.69) is 4.98 Å². The molecule has 1 aromatic heterocycles. The number of primary sulfonamides is 1. The van der Waals surface area contributed by atoms with Crippen LogP contribution in [0.5, 0.6) is 0 Å². The number of amides is 1. The van der Waals surface area contributed by atoms with Crippen LogP contribution in [-0.4, -0.2) is 31.3 Å². The van der Waals surface area contributed by atoms with E-state index >= 15 is 0 Å². The van der Waals surface area contributed by atoms with Crippen LogP contribution in [0.2, 0.25) is 0 Å². The molecule has 0 saturated carbocycles. The number of carbonyl (C=O) groups is 1. The molecule has 6 nitrogen and oxygen atoms in total. The highest BCUT2D eigenvalue weighted by Gasteiger charge is 2.21. The van der Waals surface area contributed by atoms with Crippen molar-refractivity contribution in [2.24, 2.45) is 5.14 Å². The van der Waals surface area contributed by atoms with Crippen molar-refractivity contribution in [1.29, 1.82) is 0 Å². The summed E-state index contributed by atoms with van der Waals surface area (Å²) in [5.74, 6) is -0.193. The monoisotopic (exact) mass is 333 g/mol. The van der Waals surface area contributed by atoms with Gasteiger partial charge in [0.15, 0.2) is 0 Å². The summed E-state index contributed by atoms with van der Waals surface area (Å²) in [7, 11) is -2.04. The fourth-order valence-corrected chi connectivity index (χ4v) is 2.95. The van der Waals surface area contributed by atoms with Gasteiger partial charge in [-0.1, -0.05) is 13.0 Å². The topological polar surface area (TPSA) is 93.4 Å². The van der Waals surface area contributed by atoms with E-state index < -0.39 is 10.0 Å². The summed E-state index contributed by atoms with van der Waals surface area (Å²) < 4.78 is 22.5. The van der Waals surface area contributed by atoms with Crippen molar-refractivity contribution < 1.29 is 13.2 Å². The van der Waals surface area contributed by atoms with E-state index in [1.165, 1.54) is 24.3 Å². The molecule has 2 rings (SSSR count). The number of aromatic nitrogens is 1. The number of benzene rings is 1. The molecule has 1 amide bonds. The Morgan fingerprint density at radius 2 is 1.91 bits per heavy atom. The maximum atomic E-state index is 12.6. The number of carbonyl (C=O) groups excluding carboxylic acids is 1. The third kappa shape index (κ3) is 3.94. The van der Waals surface area contributed by atoms with Crippen molar-refractivity contribution in [2.45, 2.75) is 24.3 Å². The van der Waals surface area contributed by atoms with Crippen LogP contribution in [0.15, 0.2) is 53.7 Å². The van der Waals surface area contributed by atoms with E-state index in [1.54, 1.807) is 24.3 Å². The van der Waals surface area contributed by atoms with Crippen LogP contribution < -0.4 is 5.14 Å². The highest BCUT2D eigenvalue weighted by Crippen LogP contribution is 2.24. The van der Waals surface area contributed by atoms with E-state index in [0.29, 0.717) is 5.56 Å². The highest BCUT2D eigenvalue weighted by atomic mass is 32.2. The molecule has 7 heteroatoms. The summed E-state index contributed by atoms with van der Waals surface area (Å²) in [6.07, 6.45) is 4.16. The van der Waals surface area contributed by atoms with Gasteiger partial charge >= 0.3 is 0 Å². The number of pyridine rings is 1. The molecule has 0 bridgehead atoms. The lowest BCUT2D eigenvalue weighted by Crippen LogP contribution is -2.31. The van der Waals surface area contributed by atoms with Crippen LogP contribution in [0.4, 0.5) is 0 Å². The summed E-state index contributed by atoms with van der Waals surface area (Å²) >= 11 is 0. The molecule has 0 fully saturated rings. The van der Waals surface area contributed by atoms with Gasteiger partial charge in [0.2, 0.25) is 10.0 Å². The van der Waals surface area contributed by atoms with Gasteiger partial charge in [0.1, 0.15) is 0 Å².